The van der Waals surface area contributed by atoms with E-state index in [1.54, 1.807) is 0 Å². The predicted molar refractivity (Wildman–Crippen MR) is 84.6 cm³/mol. The second kappa shape index (κ2) is 7.24. The van der Waals surface area contributed by atoms with Crippen LogP contribution < -0.4 is 0 Å². The average Bonchev–Trinajstić information content (AvgIpc) is 2.41. The summed E-state index contributed by atoms with van der Waals surface area (Å²) in [7, 11) is 2.17. The topological polar surface area (TPSA) is 23.5 Å². The molecule has 0 spiro atoms. The minimum atomic E-state index is -0.0993. The Kier molecular flexibility index (Phi) is 5.62. The van der Waals surface area contributed by atoms with Gasteiger partial charge in [0.1, 0.15) is 0 Å². The summed E-state index contributed by atoms with van der Waals surface area (Å²) in [5.41, 5.74) is 2.68. The maximum Gasteiger partial charge on any atom is 0.0580 e. The van der Waals surface area contributed by atoms with E-state index in [-0.39, 0.29) is 6.10 Å². The normalized spacial score (nSPS) is 26.9. The molecule has 0 bridgehead atoms. The Bertz CT molecular complexity index is 418. The van der Waals surface area contributed by atoms with E-state index in [9.17, 15) is 5.11 Å². The molecule has 0 aliphatic heterocycles. The highest BCUT2D eigenvalue weighted by Crippen LogP contribution is 2.31. The Morgan fingerprint density at radius 3 is 2.80 bits per heavy atom. The van der Waals surface area contributed by atoms with Crippen LogP contribution in [0, 0.1) is 18.8 Å². The molecule has 1 aliphatic rings. The number of aliphatic hydroxyl groups is 1. The van der Waals surface area contributed by atoms with E-state index in [1.165, 1.54) is 30.4 Å². The lowest BCUT2D eigenvalue weighted by atomic mass is 9.78. The summed E-state index contributed by atoms with van der Waals surface area (Å²) >= 11 is 0. The zero-order valence-corrected chi connectivity index (χ0v) is 13.2. The molecule has 0 aromatic heterocycles. The van der Waals surface area contributed by atoms with Gasteiger partial charge in [0.2, 0.25) is 0 Å². The van der Waals surface area contributed by atoms with Gasteiger partial charge < -0.3 is 10.0 Å². The molecule has 20 heavy (non-hydrogen) atoms. The van der Waals surface area contributed by atoms with E-state index in [2.05, 4.69) is 50.1 Å². The highest BCUT2D eigenvalue weighted by Gasteiger charge is 2.28. The first-order valence-corrected chi connectivity index (χ1v) is 8.00. The zero-order chi connectivity index (χ0) is 14.5. The molecule has 1 N–H and O–H groups in total. The molecule has 1 aromatic rings. The van der Waals surface area contributed by atoms with Crippen LogP contribution in [0.15, 0.2) is 24.3 Å². The fourth-order valence-corrected chi connectivity index (χ4v) is 3.50. The third-order valence-corrected chi connectivity index (χ3v) is 4.71. The van der Waals surface area contributed by atoms with Crippen molar-refractivity contribution >= 4 is 0 Å². The molecule has 0 radical (unpaired) electrons. The van der Waals surface area contributed by atoms with Crippen molar-refractivity contribution in [2.75, 3.05) is 13.6 Å². The number of rotatable bonds is 5. The van der Waals surface area contributed by atoms with Crippen LogP contribution in [0.25, 0.3) is 0 Å². The molecule has 2 rings (SSSR count). The first kappa shape index (κ1) is 15.5. The van der Waals surface area contributed by atoms with Crippen molar-refractivity contribution in [2.24, 2.45) is 11.8 Å². The second-order valence-corrected chi connectivity index (χ2v) is 6.60. The maximum absolute atomic E-state index is 10.2. The van der Waals surface area contributed by atoms with Crippen LogP contribution in [0.4, 0.5) is 0 Å². The SMILES string of the molecule is CCC1CCC(O)C(CN(C)Cc2cccc(C)c2)C1. The van der Waals surface area contributed by atoms with Crippen molar-refractivity contribution in [3.8, 4) is 0 Å². The molecule has 2 heteroatoms. The van der Waals surface area contributed by atoms with E-state index in [0.717, 1.165) is 25.4 Å². The van der Waals surface area contributed by atoms with E-state index in [0.29, 0.717) is 5.92 Å². The van der Waals surface area contributed by atoms with Crippen molar-refractivity contribution in [1.29, 1.82) is 0 Å². The van der Waals surface area contributed by atoms with Gasteiger partial charge in [0.05, 0.1) is 6.10 Å². The van der Waals surface area contributed by atoms with Crippen LogP contribution in [0.1, 0.15) is 43.7 Å². The first-order chi connectivity index (χ1) is 9.58. The monoisotopic (exact) mass is 275 g/mol. The van der Waals surface area contributed by atoms with Crippen LogP contribution in [-0.2, 0) is 6.54 Å². The standard InChI is InChI=1S/C18H29NO/c1-4-15-8-9-18(20)17(11-15)13-19(3)12-16-7-5-6-14(2)10-16/h5-7,10,15,17-18,20H,4,8-9,11-13H2,1-3H3. The van der Waals surface area contributed by atoms with Gasteiger partial charge in [0.25, 0.3) is 0 Å². The van der Waals surface area contributed by atoms with Gasteiger partial charge in [-0.3, -0.25) is 0 Å². The van der Waals surface area contributed by atoms with Crippen molar-refractivity contribution in [3.05, 3.63) is 35.4 Å². The summed E-state index contributed by atoms with van der Waals surface area (Å²) in [6, 6.07) is 8.71. The van der Waals surface area contributed by atoms with Gasteiger partial charge >= 0.3 is 0 Å². The molecule has 0 heterocycles. The quantitative estimate of drug-likeness (QED) is 0.887. The highest BCUT2D eigenvalue weighted by molar-refractivity contribution is 5.22. The lowest BCUT2D eigenvalue weighted by molar-refractivity contribution is 0.0298. The molecular formula is C18H29NO. The van der Waals surface area contributed by atoms with Gasteiger partial charge in [-0.15, -0.1) is 0 Å². The molecule has 1 aromatic carbocycles. The fraction of sp³-hybridized carbons (Fsp3) is 0.667. The van der Waals surface area contributed by atoms with Crippen LogP contribution in [0.3, 0.4) is 0 Å². The van der Waals surface area contributed by atoms with Crippen molar-refractivity contribution in [1.82, 2.24) is 4.90 Å². The van der Waals surface area contributed by atoms with Gasteiger partial charge in [-0.05, 0) is 50.6 Å². The Labute approximate surface area is 123 Å². The van der Waals surface area contributed by atoms with Crippen molar-refractivity contribution in [3.63, 3.8) is 0 Å². The molecule has 112 valence electrons. The maximum atomic E-state index is 10.2. The van der Waals surface area contributed by atoms with Crippen LogP contribution in [0.2, 0.25) is 0 Å². The molecule has 3 unspecified atom stereocenters. The third-order valence-electron chi connectivity index (χ3n) is 4.71. The number of hydrogen-bond donors (Lipinski definition) is 1. The van der Waals surface area contributed by atoms with E-state index < -0.39 is 0 Å². The number of nitrogens with zero attached hydrogens (tertiary/aromatic N) is 1. The van der Waals surface area contributed by atoms with Crippen molar-refractivity contribution < 1.29 is 5.11 Å². The molecule has 1 fully saturated rings. The molecule has 1 saturated carbocycles. The van der Waals surface area contributed by atoms with Gasteiger partial charge in [-0.1, -0.05) is 43.2 Å². The molecule has 1 aliphatic carbocycles. The van der Waals surface area contributed by atoms with Crippen molar-refractivity contribution in [2.45, 2.75) is 52.2 Å². The summed E-state index contributed by atoms with van der Waals surface area (Å²) in [6.45, 7) is 6.39. The largest absolute Gasteiger partial charge is 0.393 e. The summed E-state index contributed by atoms with van der Waals surface area (Å²) in [5.74, 6) is 1.26. The Morgan fingerprint density at radius 2 is 2.10 bits per heavy atom. The van der Waals surface area contributed by atoms with E-state index in [1.807, 2.05) is 0 Å². The molecule has 0 saturated heterocycles. The number of benzene rings is 1. The zero-order valence-electron chi connectivity index (χ0n) is 13.2. The lowest BCUT2D eigenvalue weighted by Gasteiger charge is -2.35. The summed E-state index contributed by atoms with van der Waals surface area (Å²) < 4.78 is 0. The van der Waals surface area contributed by atoms with Crippen LogP contribution >= 0.6 is 0 Å². The summed E-state index contributed by atoms with van der Waals surface area (Å²) in [5, 5.41) is 10.2. The van der Waals surface area contributed by atoms with Gasteiger partial charge in [-0.25, -0.2) is 0 Å². The van der Waals surface area contributed by atoms with Gasteiger partial charge in [-0.2, -0.15) is 0 Å². The van der Waals surface area contributed by atoms with Crippen LogP contribution in [0.5, 0.6) is 0 Å². The molecule has 2 nitrogen and oxygen atoms in total. The van der Waals surface area contributed by atoms with E-state index >= 15 is 0 Å². The Balaban J connectivity index is 1.88. The lowest BCUT2D eigenvalue weighted by Crippen LogP contribution is -2.37. The number of hydrogen-bond acceptors (Lipinski definition) is 2. The average molecular weight is 275 g/mol. The van der Waals surface area contributed by atoms with Gasteiger partial charge in [0.15, 0.2) is 0 Å². The van der Waals surface area contributed by atoms with Gasteiger partial charge in [0, 0.05) is 13.1 Å². The molecule has 3 atom stereocenters. The number of aryl methyl sites for hydroxylation is 1. The number of aliphatic hydroxyl groups excluding tert-OH is 1. The predicted octanol–water partition coefficient (Wildman–Crippen LogP) is 3.61. The second-order valence-electron chi connectivity index (χ2n) is 6.60. The van der Waals surface area contributed by atoms with E-state index in [4.69, 9.17) is 0 Å². The Morgan fingerprint density at radius 1 is 1.30 bits per heavy atom. The minimum absolute atomic E-state index is 0.0993. The third kappa shape index (κ3) is 4.32. The summed E-state index contributed by atoms with van der Waals surface area (Å²) in [6.07, 6.45) is 4.54. The fourth-order valence-electron chi connectivity index (χ4n) is 3.50. The first-order valence-electron chi connectivity index (χ1n) is 8.00. The Hall–Kier alpha value is -0.860. The van der Waals surface area contributed by atoms with Crippen LogP contribution in [-0.4, -0.2) is 29.7 Å². The minimum Gasteiger partial charge on any atom is -0.393 e. The molecular weight excluding hydrogens is 246 g/mol. The highest BCUT2D eigenvalue weighted by atomic mass is 16.3. The molecule has 0 amide bonds. The smallest absolute Gasteiger partial charge is 0.0580 e. The summed E-state index contributed by atoms with van der Waals surface area (Å²) in [4.78, 5) is 2.36.